The summed E-state index contributed by atoms with van der Waals surface area (Å²) in [6, 6.07) is 15.4. The molecule has 1 heterocycles. The van der Waals surface area contributed by atoms with Gasteiger partial charge in [-0.15, -0.1) is 11.3 Å². The number of rotatable bonds is 6. The molecule has 8 heteroatoms. The van der Waals surface area contributed by atoms with E-state index in [-0.39, 0.29) is 18.9 Å². The third-order valence-electron chi connectivity index (χ3n) is 5.07. The molecule has 4 rings (SSSR count). The highest BCUT2D eigenvalue weighted by molar-refractivity contribution is 9.11. The van der Waals surface area contributed by atoms with Crippen molar-refractivity contribution in [1.82, 2.24) is 10.3 Å². The third-order valence-corrected chi connectivity index (χ3v) is 7.19. The van der Waals surface area contributed by atoms with Gasteiger partial charge in [-0.1, -0.05) is 48.5 Å². The minimum absolute atomic E-state index is 0.0580. The van der Waals surface area contributed by atoms with Gasteiger partial charge >= 0.3 is 12.1 Å². The fraction of sp³-hybridized carbons (Fsp3) is 0.227. The molecule has 1 aliphatic carbocycles. The van der Waals surface area contributed by atoms with Gasteiger partial charge in [0.15, 0.2) is 0 Å². The molecule has 1 atom stereocenters. The fourth-order valence-corrected chi connectivity index (χ4v) is 5.13. The van der Waals surface area contributed by atoms with Crippen molar-refractivity contribution in [3.63, 3.8) is 0 Å². The Morgan fingerprint density at radius 3 is 2.30 bits per heavy atom. The van der Waals surface area contributed by atoms with Crippen LogP contribution in [0.4, 0.5) is 4.79 Å². The van der Waals surface area contributed by atoms with Crippen LogP contribution >= 0.6 is 27.3 Å². The molecule has 2 aromatic carbocycles. The number of benzene rings is 2. The van der Waals surface area contributed by atoms with Crippen LogP contribution in [0, 0.1) is 6.92 Å². The number of carboxylic acids is 1. The number of hydrogen-bond acceptors (Lipinski definition) is 5. The molecule has 1 amide bonds. The van der Waals surface area contributed by atoms with Crippen molar-refractivity contribution in [2.24, 2.45) is 0 Å². The van der Waals surface area contributed by atoms with E-state index in [0.29, 0.717) is 5.01 Å². The Kier molecular flexibility index (Phi) is 5.87. The Bertz CT molecular complexity index is 1050. The number of nitrogens with one attached hydrogen (secondary N) is 1. The van der Waals surface area contributed by atoms with Gasteiger partial charge in [-0.2, -0.15) is 0 Å². The van der Waals surface area contributed by atoms with Crippen molar-refractivity contribution in [3.05, 3.63) is 74.1 Å². The second kappa shape index (κ2) is 8.57. The Labute approximate surface area is 186 Å². The maximum Gasteiger partial charge on any atom is 0.407 e. The molecule has 30 heavy (non-hydrogen) atoms. The monoisotopic (exact) mass is 486 g/mol. The minimum Gasteiger partial charge on any atom is -0.481 e. The highest BCUT2D eigenvalue weighted by Crippen LogP contribution is 2.44. The molecule has 0 bridgehead atoms. The third kappa shape index (κ3) is 4.11. The molecule has 0 saturated heterocycles. The number of fused-ring (bicyclic) bond motifs is 3. The predicted molar refractivity (Wildman–Crippen MR) is 118 cm³/mol. The van der Waals surface area contributed by atoms with Crippen molar-refractivity contribution in [3.8, 4) is 11.1 Å². The molecule has 0 aliphatic heterocycles. The lowest BCUT2D eigenvalue weighted by atomic mass is 9.98. The van der Waals surface area contributed by atoms with E-state index in [1.165, 1.54) is 11.3 Å². The number of aromatic nitrogens is 1. The molecular weight excluding hydrogens is 468 g/mol. The summed E-state index contributed by atoms with van der Waals surface area (Å²) in [6.45, 7) is 1.98. The van der Waals surface area contributed by atoms with Crippen molar-refractivity contribution < 1.29 is 19.4 Å². The van der Waals surface area contributed by atoms with E-state index in [0.717, 1.165) is 31.7 Å². The number of carbonyl (C=O) groups is 2. The molecular formula is C22H19BrN2O4S. The smallest absolute Gasteiger partial charge is 0.407 e. The number of aryl methyl sites for hydroxylation is 1. The first-order valence-electron chi connectivity index (χ1n) is 9.40. The van der Waals surface area contributed by atoms with E-state index in [2.05, 4.69) is 38.4 Å². The zero-order valence-corrected chi connectivity index (χ0v) is 18.5. The average Bonchev–Trinajstić information content (AvgIpc) is 3.23. The van der Waals surface area contributed by atoms with Crippen LogP contribution in [0.3, 0.4) is 0 Å². The first-order valence-corrected chi connectivity index (χ1v) is 11.0. The van der Waals surface area contributed by atoms with Crippen LogP contribution in [-0.2, 0) is 9.53 Å². The Morgan fingerprint density at radius 1 is 1.17 bits per heavy atom. The number of carbonyl (C=O) groups excluding carboxylic acids is 1. The van der Waals surface area contributed by atoms with Crippen molar-refractivity contribution in [1.29, 1.82) is 0 Å². The van der Waals surface area contributed by atoms with Gasteiger partial charge in [-0.3, -0.25) is 4.79 Å². The summed E-state index contributed by atoms with van der Waals surface area (Å²) in [5, 5.41) is 12.4. The van der Waals surface area contributed by atoms with E-state index in [4.69, 9.17) is 4.74 Å². The standard InChI is InChI=1S/C22H19BrN2O4S/c1-12-20(23)30-21(24-12)18(10-19(26)27)25-22(28)29-11-17-15-8-4-2-6-13(15)14-7-3-5-9-16(14)17/h2-9,17-18H,10-11H2,1H3,(H,25,28)(H,26,27)/t18-/m1/s1. The van der Waals surface area contributed by atoms with Gasteiger partial charge < -0.3 is 15.2 Å². The molecule has 0 unspecified atom stereocenters. The molecule has 1 aromatic heterocycles. The van der Waals surface area contributed by atoms with Crippen molar-refractivity contribution >= 4 is 39.3 Å². The maximum atomic E-state index is 12.5. The number of ether oxygens (including phenoxy) is 1. The first-order chi connectivity index (χ1) is 14.4. The number of thiazole rings is 1. The van der Waals surface area contributed by atoms with Crippen LogP contribution < -0.4 is 5.32 Å². The van der Waals surface area contributed by atoms with Crippen LogP contribution in [0.1, 0.15) is 40.2 Å². The summed E-state index contributed by atoms with van der Waals surface area (Å²) < 4.78 is 6.34. The summed E-state index contributed by atoms with van der Waals surface area (Å²) in [4.78, 5) is 28.1. The zero-order valence-electron chi connectivity index (χ0n) is 16.1. The Morgan fingerprint density at radius 2 is 1.77 bits per heavy atom. The van der Waals surface area contributed by atoms with Crippen LogP contribution in [0.25, 0.3) is 11.1 Å². The van der Waals surface area contributed by atoms with Crippen molar-refractivity contribution in [2.45, 2.75) is 25.3 Å². The molecule has 0 saturated carbocycles. The number of carboxylic acid groups (broad SMARTS) is 1. The molecule has 6 nitrogen and oxygen atoms in total. The van der Waals surface area contributed by atoms with Crippen LogP contribution in [-0.4, -0.2) is 28.8 Å². The number of amides is 1. The number of alkyl carbamates (subject to hydrolysis) is 1. The van der Waals surface area contributed by atoms with Gasteiger partial charge in [0.1, 0.15) is 11.6 Å². The van der Waals surface area contributed by atoms with Crippen molar-refractivity contribution in [2.75, 3.05) is 6.61 Å². The van der Waals surface area contributed by atoms with E-state index >= 15 is 0 Å². The second-order valence-corrected chi connectivity index (χ2v) is 9.38. The van der Waals surface area contributed by atoms with E-state index in [1.807, 2.05) is 43.3 Å². The highest BCUT2D eigenvalue weighted by Gasteiger charge is 2.30. The second-order valence-electron chi connectivity index (χ2n) is 7.03. The Hall–Kier alpha value is -2.71. The SMILES string of the molecule is Cc1nc([C@@H](CC(=O)O)NC(=O)OCC2c3ccccc3-c3ccccc32)sc1Br. The van der Waals surface area contributed by atoms with Gasteiger partial charge in [0, 0.05) is 5.92 Å². The van der Waals surface area contributed by atoms with E-state index in [9.17, 15) is 14.7 Å². The molecule has 2 N–H and O–H groups in total. The largest absolute Gasteiger partial charge is 0.481 e. The van der Waals surface area contributed by atoms with Gasteiger partial charge in [-0.05, 0) is 45.1 Å². The van der Waals surface area contributed by atoms with E-state index < -0.39 is 18.1 Å². The molecule has 0 radical (unpaired) electrons. The van der Waals surface area contributed by atoms with Crippen LogP contribution in [0.15, 0.2) is 52.3 Å². The van der Waals surface area contributed by atoms with Crippen LogP contribution in [0.2, 0.25) is 0 Å². The first kappa shape index (κ1) is 20.6. The van der Waals surface area contributed by atoms with Gasteiger partial charge in [0.05, 0.1) is 21.9 Å². The quantitative estimate of drug-likeness (QED) is 0.495. The topological polar surface area (TPSA) is 88.5 Å². The molecule has 0 fully saturated rings. The van der Waals surface area contributed by atoms with Crippen LogP contribution in [0.5, 0.6) is 0 Å². The lowest BCUT2D eigenvalue weighted by Crippen LogP contribution is -2.31. The lowest BCUT2D eigenvalue weighted by Gasteiger charge is -2.17. The normalized spacial score (nSPS) is 13.4. The Balaban J connectivity index is 1.48. The molecule has 1 aliphatic rings. The summed E-state index contributed by atoms with van der Waals surface area (Å²) >= 11 is 4.69. The zero-order chi connectivity index (χ0) is 21.3. The summed E-state index contributed by atoms with van der Waals surface area (Å²) in [7, 11) is 0. The molecule has 3 aromatic rings. The predicted octanol–water partition coefficient (Wildman–Crippen LogP) is 5.27. The number of hydrogen-bond donors (Lipinski definition) is 2. The summed E-state index contributed by atoms with van der Waals surface area (Å²) in [5.74, 6) is -1.08. The summed E-state index contributed by atoms with van der Waals surface area (Å²) in [5.41, 5.74) is 5.28. The highest BCUT2D eigenvalue weighted by atomic mass is 79.9. The minimum atomic E-state index is -1.03. The van der Waals surface area contributed by atoms with E-state index in [1.54, 1.807) is 0 Å². The lowest BCUT2D eigenvalue weighted by molar-refractivity contribution is -0.137. The maximum absolute atomic E-state index is 12.5. The number of nitrogens with zero attached hydrogens (tertiary/aromatic N) is 1. The fourth-order valence-electron chi connectivity index (χ4n) is 3.70. The number of aliphatic carboxylic acids is 1. The molecule has 0 spiro atoms. The van der Waals surface area contributed by atoms with Gasteiger partial charge in [-0.25, -0.2) is 9.78 Å². The molecule has 154 valence electrons. The average molecular weight is 487 g/mol. The summed E-state index contributed by atoms with van der Waals surface area (Å²) in [6.07, 6.45) is -0.934. The van der Waals surface area contributed by atoms with Gasteiger partial charge in [0.2, 0.25) is 0 Å². The number of halogens is 1. The van der Waals surface area contributed by atoms with Gasteiger partial charge in [0.25, 0.3) is 0 Å².